The summed E-state index contributed by atoms with van der Waals surface area (Å²) in [4.78, 5) is 0. The Hall–Kier alpha value is -1.64. The summed E-state index contributed by atoms with van der Waals surface area (Å²) in [7, 11) is 4.01. The smallest absolute Gasteiger partial charge is 0.0515 e. The molecule has 0 saturated carbocycles. The largest absolute Gasteiger partial charge is 0.311 e. The van der Waals surface area contributed by atoms with Crippen molar-refractivity contribution in [3.63, 3.8) is 0 Å². The molecule has 2 rings (SSSR count). The molecule has 2 nitrogen and oxygen atoms in total. The van der Waals surface area contributed by atoms with Crippen LogP contribution in [0.15, 0.2) is 60.7 Å². The van der Waals surface area contributed by atoms with Crippen LogP contribution in [0.1, 0.15) is 23.2 Å². The van der Waals surface area contributed by atoms with Gasteiger partial charge in [-0.05, 0) is 25.2 Å². The second-order valence-corrected chi connectivity index (χ2v) is 4.35. The molecule has 0 aliphatic carbocycles. The van der Waals surface area contributed by atoms with Gasteiger partial charge in [-0.25, -0.2) is 0 Å². The Balaban J connectivity index is 2.31. The highest BCUT2D eigenvalue weighted by Gasteiger charge is 2.21. The number of likely N-dealkylation sites (N-methyl/N-ethyl adjacent to an activating group) is 2. The minimum atomic E-state index is 0.263. The van der Waals surface area contributed by atoms with Crippen molar-refractivity contribution in [1.82, 2.24) is 10.6 Å². The van der Waals surface area contributed by atoms with E-state index in [-0.39, 0.29) is 12.1 Å². The molecule has 0 aliphatic heterocycles. The molecular weight excluding hydrogens is 220 g/mol. The van der Waals surface area contributed by atoms with Gasteiger partial charge in [0.2, 0.25) is 0 Å². The Bertz CT molecular complexity index is 408. The van der Waals surface area contributed by atoms with Gasteiger partial charge < -0.3 is 10.6 Å². The Morgan fingerprint density at radius 1 is 0.611 bits per heavy atom. The molecular formula is C16H20N2. The van der Waals surface area contributed by atoms with Crippen LogP contribution in [0.4, 0.5) is 0 Å². The van der Waals surface area contributed by atoms with Crippen molar-refractivity contribution in [2.75, 3.05) is 14.1 Å². The molecule has 0 aliphatic rings. The summed E-state index contributed by atoms with van der Waals surface area (Å²) in [5, 5.41) is 6.81. The van der Waals surface area contributed by atoms with Crippen LogP contribution in [-0.4, -0.2) is 14.1 Å². The van der Waals surface area contributed by atoms with Crippen molar-refractivity contribution >= 4 is 0 Å². The molecule has 0 saturated heterocycles. The third-order valence-electron chi connectivity index (χ3n) is 3.27. The maximum atomic E-state index is 3.41. The molecule has 2 heteroatoms. The number of nitrogens with one attached hydrogen (secondary N) is 2. The average Bonchev–Trinajstić information content (AvgIpc) is 2.46. The Morgan fingerprint density at radius 2 is 0.944 bits per heavy atom. The van der Waals surface area contributed by atoms with Gasteiger partial charge in [-0.15, -0.1) is 0 Å². The van der Waals surface area contributed by atoms with Gasteiger partial charge in [0.15, 0.2) is 0 Å². The zero-order valence-electron chi connectivity index (χ0n) is 10.9. The summed E-state index contributed by atoms with van der Waals surface area (Å²) in [6.45, 7) is 0. The highest BCUT2D eigenvalue weighted by molar-refractivity contribution is 5.27. The Kier molecular flexibility index (Phi) is 4.51. The third kappa shape index (κ3) is 2.78. The van der Waals surface area contributed by atoms with Gasteiger partial charge in [0.25, 0.3) is 0 Å². The van der Waals surface area contributed by atoms with E-state index in [4.69, 9.17) is 0 Å². The van der Waals surface area contributed by atoms with Gasteiger partial charge >= 0.3 is 0 Å². The van der Waals surface area contributed by atoms with Crippen molar-refractivity contribution in [1.29, 1.82) is 0 Å². The molecule has 2 aromatic rings. The quantitative estimate of drug-likeness (QED) is 0.839. The second-order valence-electron chi connectivity index (χ2n) is 4.35. The van der Waals surface area contributed by atoms with Crippen molar-refractivity contribution < 1.29 is 0 Å². The van der Waals surface area contributed by atoms with E-state index in [0.717, 1.165) is 0 Å². The lowest BCUT2D eigenvalue weighted by molar-refractivity contribution is 0.432. The van der Waals surface area contributed by atoms with Gasteiger partial charge in [-0.1, -0.05) is 60.7 Å². The fourth-order valence-corrected chi connectivity index (χ4v) is 2.37. The van der Waals surface area contributed by atoms with Gasteiger partial charge in [0.1, 0.15) is 0 Å². The van der Waals surface area contributed by atoms with Gasteiger partial charge in [-0.2, -0.15) is 0 Å². The van der Waals surface area contributed by atoms with E-state index in [1.807, 2.05) is 26.2 Å². The van der Waals surface area contributed by atoms with E-state index in [9.17, 15) is 0 Å². The summed E-state index contributed by atoms with van der Waals surface area (Å²) in [5.41, 5.74) is 2.59. The van der Waals surface area contributed by atoms with Crippen LogP contribution in [0, 0.1) is 0 Å². The van der Waals surface area contributed by atoms with Crippen LogP contribution in [-0.2, 0) is 0 Å². The molecule has 94 valence electrons. The molecule has 0 heterocycles. The average molecular weight is 240 g/mol. The van der Waals surface area contributed by atoms with Crippen molar-refractivity contribution in [2.45, 2.75) is 12.1 Å². The Labute approximate surface area is 109 Å². The van der Waals surface area contributed by atoms with Crippen LogP contribution in [0.2, 0.25) is 0 Å². The molecule has 0 spiro atoms. The second kappa shape index (κ2) is 6.34. The minimum absolute atomic E-state index is 0.263. The molecule has 2 N–H and O–H groups in total. The topological polar surface area (TPSA) is 24.1 Å². The SMILES string of the molecule is CN[C@@H](c1ccccc1)[C@@H](NC)c1ccccc1. The van der Waals surface area contributed by atoms with Crippen molar-refractivity contribution in [2.24, 2.45) is 0 Å². The molecule has 18 heavy (non-hydrogen) atoms. The van der Waals surface area contributed by atoms with Gasteiger partial charge in [-0.3, -0.25) is 0 Å². The van der Waals surface area contributed by atoms with E-state index in [1.165, 1.54) is 11.1 Å². The van der Waals surface area contributed by atoms with Crippen LogP contribution < -0.4 is 10.6 Å². The predicted molar refractivity (Wildman–Crippen MR) is 76.5 cm³/mol. The maximum Gasteiger partial charge on any atom is 0.0515 e. The standard InChI is InChI=1S/C16H20N2/c1-17-15(13-9-5-3-6-10-13)16(18-2)14-11-7-4-8-12-14/h3-12,15-18H,1-2H3/t15-,16-/m0/s1. The van der Waals surface area contributed by atoms with Gasteiger partial charge in [0.05, 0.1) is 12.1 Å². The normalized spacial score (nSPS) is 14.1. The summed E-state index contributed by atoms with van der Waals surface area (Å²) < 4.78 is 0. The lowest BCUT2D eigenvalue weighted by Crippen LogP contribution is -2.31. The fraction of sp³-hybridized carbons (Fsp3) is 0.250. The summed E-state index contributed by atoms with van der Waals surface area (Å²) >= 11 is 0. The van der Waals surface area contributed by atoms with Crippen molar-refractivity contribution in [3.8, 4) is 0 Å². The first-order valence-electron chi connectivity index (χ1n) is 6.31. The summed E-state index contributed by atoms with van der Waals surface area (Å²) in [6.07, 6.45) is 0. The third-order valence-corrected chi connectivity index (χ3v) is 3.27. The molecule has 0 amide bonds. The van der Waals surface area contributed by atoms with Gasteiger partial charge in [0, 0.05) is 0 Å². The lowest BCUT2D eigenvalue weighted by atomic mass is 9.93. The van der Waals surface area contributed by atoms with E-state index in [0.29, 0.717) is 0 Å². The number of hydrogen-bond donors (Lipinski definition) is 2. The molecule has 0 radical (unpaired) electrons. The monoisotopic (exact) mass is 240 g/mol. The van der Waals surface area contributed by atoms with Crippen LogP contribution in [0.3, 0.4) is 0 Å². The molecule has 0 unspecified atom stereocenters. The van der Waals surface area contributed by atoms with E-state index < -0.39 is 0 Å². The predicted octanol–water partition coefficient (Wildman–Crippen LogP) is 2.91. The first kappa shape index (κ1) is 12.8. The fourth-order valence-electron chi connectivity index (χ4n) is 2.37. The van der Waals surface area contributed by atoms with Crippen LogP contribution in [0.5, 0.6) is 0 Å². The highest BCUT2D eigenvalue weighted by Crippen LogP contribution is 2.27. The lowest BCUT2D eigenvalue weighted by Gasteiger charge is -2.27. The maximum absolute atomic E-state index is 3.41. The first-order chi connectivity index (χ1) is 8.86. The van der Waals surface area contributed by atoms with E-state index in [1.54, 1.807) is 0 Å². The highest BCUT2D eigenvalue weighted by atomic mass is 15.0. The Morgan fingerprint density at radius 3 is 1.22 bits per heavy atom. The van der Waals surface area contributed by atoms with Crippen LogP contribution >= 0.6 is 0 Å². The minimum Gasteiger partial charge on any atom is -0.311 e. The molecule has 0 fully saturated rings. The number of hydrogen-bond acceptors (Lipinski definition) is 2. The van der Waals surface area contributed by atoms with Crippen molar-refractivity contribution in [3.05, 3.63) is 71.8 Å². The number of rotatable bonds is 5. The summed E-state index contributed by atoms with van der Waals surface area (Å²) in [5.74, 6) is 0. The van der Waals surface area contributed by atoms with E-state index in [2.05, 4.69) is 59.2 Å². The molecule has 2 aromatic carbocycles. The summed E-state index contributed by atoms with van der Waals surface area (Å²) in [6, 6.07) is 21.6. The van der Waals surface area contributed by atoms with E-state index >= 15 is 0 Å². The molecule has 0 aromatic heterocycles. The molecule has 2 atom stereocenters. The van der Waals surface area contributed by atoms with Crippen LogP contribution in [0.25, 0.3) is 0 Å². The first-order valence-corrected chi connectivity index (χ1v) is 6.31. The zero-order valence-corrected chi connectivity index (χ0v) is 10.9. The number of benzene rings is 2. The zero-order chi connectivity index (χ0) is 12.8. The molecule has 0 bridgehead atoms.